The van der Waals surface area contributed by atoms with Crippen LogP contribution >= 0.6 is 0 Å². The van der Waals surface area contributed by atoms with Crippen LogP contribution in [-0.4, -0.2) is 36.1 Å². The maximum absolute atomic E-state index is 11.2. The second-order valence-electron chi connectivity index (χ2n) is 5.19. The van der Waals surface area contributed by atoms with E-state index in [-0.39, 0.29) is 13.2 Å². The summed E-state index contributed by atoms with van der Waals surface area (Å²) in [6, 6.07) is 9.11. The van der Waals surface area contributed by atoms with Crippen LogP contribution in [-0.2, 0) is 9.57 Å². The monoisotopic (exact) mass is 283 g/mol. The van der Waals surface area contributed by atoms with Gasteiger partial charge in [0.15, 0.2) is 0 Å². The van der Waals surface area contributed by atoms with Crippen LogP contribution in [0.2, 0.25) is 0 Å². The maximum Gasteiger partial charge on any atom is 0.431 e. The Labute approximate surface area is 118 Å². The third kappa shape index (κ3) is 7.60. The second kappa shape index (κ2) is 7.72. The molecular weight excluding hydrogens is 262 g/mol. The zero-order chi connectivity index (χ0) is 15.0. The number of nitrogens with one attached hydrogen (secondary N) is 1. The molecule has 0 unspecified atom stereocenters. The molecule has 0 saturated heterocycles. The van der Waals surface area contributed by atoms with Crippen molar-refractivity contribution in [1.82, 2.24) is 5.48 Å². The summed E-state index contributed by atoms with van der Waals surface area (Å²) in [7, 11) is 0. The SMILES string of the molecule is CC(C)(C)OC(=O)NOC[C@@H](O)COc1ccccc1. The fourth-order valence-electron chi connectivity index (χ4n) is 1.25. The zero-order valence-corrected chi connectivity index (χ0v) is 12.0. The van der Waals surface area contributed by atoms with Crippen molar-refractivity contribution in [3.05, 3.63) is 30.3 Å². The molecule has 6 nitrogen and oxygen atoms in total. The van der Waals surface area contributed by atoms with Gasteiger partial charge in [0.2, 0.25) is 0 Å². The van der Waals surface area contributed by atoms with Crippen molar-refractivity contribution in [3.8, 4) is 5.75 Å². The van der Waals surface area contributed by atoms with E-state index in [2.05, 4.69) is 5.48 Å². The van der Waals surface area contributed by atoms with Crippen LogP contribution in [0.25, 0.3) is 0 Å². The maximum atomic E-state index is 11.2. The molecule has 0 radical (unpaired) electrons. The number of aliphatic hydroxyl groups excluding tert-OH is 1. The summed E-state index contributed by atoms with van der Waals surface area (Å²) in [4.78, 5) is 16.1. The number of aliphatic hydroxyl groups is 1. The van der Waals surface area contributed by atoms with E-state index >= 15 is 0 Å². The first-order valence-electron chi connectivity index (χ1n) is 6.33. The standard InChI is InChI=1S/C14H21NO5/c1-14(2,3)20-13(17)15-19-10-11(16)9-18-12-7-5-4-6-8-12/h4-8,11,16H,9-10H2,1-3H3,(H,15,17)/t11-/m0/s1. The molecule has 0 aromatic heterocycles. The smallest absolute Gasteiger partial charge is 0.431 e. The van der Waals surface area contributed by atoms with E-state index in [0.29, 0.717) is 5.75 Å². The Bertz CT molecular complexity index is 402. The highest BCUT2D eigenvalue weighted by Gasteiger charge is 2.16. The average Bonchev–Trinajstić information content (AvgIpc) is 2.35. The van der Waals surface area contributed by atoms with E-state index in [1.165, 1.54) is 0 Å². The number of carbonyl (C=O) groups is 1. The molecule has 0 aliphatic rings. The zero-order valence-electron chi connectivity index (χ0n) is 12.0. The predicted octanol–water partition coefficient (Wildman–Crippen LogP) is 1.88. The lowest BCUT2D eigenvalue weighted by Crippen LogP contribution is -2.35. The number of rotatable bonds is 6. The molecule has 0 aliphatic carbocycles. The molecule has 0 aliphatic heterocycles. The second-order valence-corrected chi connectivity index (χ2v) is 5.19. The summed E-state index contributed by atoms with van der Waals surface area (Å²) in [5.41, 5.74) is 1.50. The lowest BCUT2D eigenvalue weighted by Gasteiger charge is -2.19. The molecule has 0 heterocycles. The van der Waals surface area contributed by atoms with Gasteiger partial charge in [-0.15, -0.1) is 0 Å². The van der Waals surface area contributed by atoms with Gasteiger partial charge in [0, 0.05) is 0 Å². The van der Waals surface area contributed by atoms with Gasteiger partial charge in [-0.3, -0.25) is 4.84 Å². The third-order valence-electron chi connectivity index (χ3n) is 2.02. The summed E-state index contributed by atoms with van der Waals surface area (Å²) in [6.45, 7) is 5.21. The number of carbonyl (C=O) groups excluding carboxylic acids is 1. The van der Waals surface area contributed by atoms with Gasteiger partial charge in [-0.1, -0.05) is 18.2 Å². The molecule has 0 fully saturated rings. The fraction of sp³-hybridized carbons (Fsp3) is 0.500. The van der Waals surface area contributed by atoms with Gasteiger partial charge in [-0.05, 0) is 32.9 Å². The van der Waals surface area contributed by atoms with E-state index in [0.717, 1.165) is 0 Å². The molecule has 1 amide bonds. The Morgan fingerprint density at radius 3 is 2.50 bits per heavy atom. The van der Waals surface area contributed by atoms with E-state index < -0.39 is 17.8 Å². The van der Waals surface area contributed by atoms with Crippen LogP contribution in [0.1, 0.15) is 20.8 Å². The summed E-state index contributed by atoms with van der Waals surface area (Å²) in [6.07, 6.45) is -1.56. The quantitative estimate of drug-likeness (QED) is 0.780. The van der Waals surface area contributed by atoms with Gasteiger partial charge in [-0.25, -0.2) is 4.79 Å². The number of hydrogen-bond acceptors (Lipinski definition) is 5. The van der Waals surface area contributed by atoms with E-state index in [4.69, 9.17) is 14.3 Å². The Hall–Kier alpha value is -1.79. The molecule has 0 saturated carbocycles. The first-order valence-corrected chi connectivity index (χ1v) is 6.33. The highest BCUT2D eigenvalue weighted by Crippen LogP contribution is 2.08. The topological polar surface area (TPSA) is 77.0 Å². The Kier molecular flexibility index (Phi) is 6.27. The van der Waals surface area contributed by atoms with Crippen LogP contribution in [0.15, 0.2) is 30.3 Å². The van der Waals surface area contributed by atoms with Gasteiger partial charge in [0.25, 0.3) is 0 Å². The number of hydroxylamine groups is 1. The lowest BCUT2D eigenvalue weighted by atomic mass is 10.2. The number of benzene rings is 1. The molecular formula is C14H21NO5. The highest BCUT2D eigenvalue weighted by atomic mass is 16.7. The van der Waals surface area contributed by atoms with Crippen LogP contribution in [0.5, 0.6) is 5.75 Å². The first-order chi connectivity index (χ1) is 9.37. The van der Waals surface area contributed by atoms with Gasteiger partial charge in [0.05, 0.1) is 0 Å². The van der Waals surface area contributed by atoms with Crippen LogP contribution in [0, 0.1) is 0 Å². The molecule has 2 N–H and O–H groups in total. The van der Waals surface area contributed by atoms with Crippen molar-refractivity contribution in [2.45, 2.75) is 32.5 Å². The number of ether oxygens (including phenoxy) is 2. The lowest BCUT2D eigenvalue weighted by molar-refractivity contribution is -0.0444. The summed E-state index contributed by atoms with van der Waals surface area (Å²) in [5, 5.41) is 9.61. The van der Waals surface area contributed by atoms with Crippen molar-refractivity contribution in [2.75, 3.05) is 13.2 Å². The molecule has 1 atom stereocenters. The van der Waals surface area contributed by atoms with Crippen LogP contribution in [0.3, 0.4) is 0 Å². The van der Waals surface area contributed by atoms with Gasteiger partial charge in [-0.2, -0.15) is 5.48 Å². The molecule has 6 heteroatoms. The molecule has 20 heavy (non-hydrogen) atoms. The summed E-state index contributed by atoms with van der Waals surface area (Å²) >= 11 is 0. The largest absolute Gasteiger partial charge is 0.491 e. The Balaban J connectivity index is 2.14. The molecule has 112 valence electrons. The fourth-order valence-corrected chi connectivity index (χ4v) is 1.25. The number of hydrogen-bond donors (Lipinski definition) is 2. The average molecular weight is 283 g/mol. The third-order valence-corrected chi connectivity index (χ3v) is 2.02. The summed E-state index contributed by atoms with van der Waals surface area (Å²) in [5.74, 6) is 0.659. The Morgan fingerprint density at radius 2 is 1.90 bits per heavy atom. The van der Waals surface area contributed by atoms with E-state index in [1.807, 2.05) is 18.2 Å². The van der Waals surface area contributed by atoms with Gasteiger partial charge in [0.1, 0.15) is 30.7 Å². The van der Waals surface area contributed by atoms with E-state index in [9.17, 15) is 9.90 Å². The molecule has 1 aromatic rings. The normalized spacial score (nSPS) is 12.6. The number of para-hydroxylation sites is 1. The number of amides is 1. The van der Waals surface area contributed by atoms with Gasteiger partial charge < -0.3 is 14.6 Å². The van der Waals surface area contributed by atoms with Crippen molar-refractivity contribution in [3.63, 3.8) is 0 Å². The molecule has 0 bridgehead atoms. The van der Waals surface area contributed by atoms with Crippen molar-refractivity contribution < 1.29 is 24.2 Å². The minimum Gasteiger partial charge on any atom is -0.491 e. The predicted molar refractivity (Wildman–Crippen MR) is 73.3 cm³/mol. The Morgan fingerprint density at radius 1 is 1.25 bits per heavy atom. The van der Waals surface area contributed by atoms with Crippen LogP contribution < -0.4 is 10.2 Å². The minimum atomic E-state index is -0.856. The molecule has 0 spiro atoms. The van der Waals surface area contributed by atoms with Crippen molar-refractivity contribution in [2.24, 2.45) is 0 Å². The highest BCUT2D eigenvalue weighted by molar-refractivity contribution is 5.66. The van der Waals surface area contributed by atoms with E-state index in [1.54, 1.807) is 32.9 Å². The minimum absolute atomic E-state index is 0.0695. The van der Waals surface area contributed by atoms with Crippen LogP contribution in [0.4, 0.5) is 4.79 Å². The van der Waals surface area contributed by atoms with Crippen molar-refractivity contribution in [1.29, 1.82) is 0 Å². The molecule has 1 aromatic carbocycles. The van der Waals surface area contributed by atoms with Gasteiger partial charge >= 0.3 is 6.09 Å². The first kappa shape index (κ1) is 16.3. The summed E-state index contributed by atoms with van der Waals surface area (Å²) < 4.78 is 10.3. The molecule has 1 rings (SSSR count). The van der Waals surface area contributed by atoms with Crippen molar-refractivity contribution >= 4 is 6.09 Å².